The van der Waals surface area contributed by atoms with Crippen molar-refractivity contribution < 1.29 is 9.90 Å². The molecule has 3 heteroatoms. The highest BCUT2D eigenvalue weighted by molar-refractivity contribution is 5.85. The average molecular weight is 257 g/mol. The molecular weight excluding hydrogens is 226 g/mol. The van der Waals surface area contributed by atoms with Crippen LogP contribution in [-0.4, -0.2) is 35.6 Å². The van der Waals surface area contributed by atoms with E-state index in [2.05, 4.69) is 32.6 Å². The zero-order chi connectivity index (χ0) is 14.4. The Hall–Kier alpha value is -0.830. The van der Waals surface area contributed by atoms with E-state index in [9.17, 15) is 4.79 Å². The second-order valence-corrected chi connectivity index (χ2v) is 4.31. The Morgan fingerprint density at radius 3 is 1.83 bits per heavy atom. The number of rotatable bonds is 8. The second-order valence-electron chi connectivity index (χ2n) is 4.31. The number of hydrogen-bond acceptors (Lipinski definition) is 2. The first kappa shape index (κ1) is 19.5. The Bertz CT molecular complexity index is 215. The molecule has 0 radical (unpaired) electrons. The smallest absolute Gasteiger partial charge is 0.330 e. The zero-order valence-electron chi connectivity index (χ0n) is 12.8. The molecule has 0 aliphatic carbocycles. The molecule has 0 rings (SSSR count). The van der Waals surface area contributed by atoms with Crippen LogP contribution in [0.15, 0.2) is 11.6 Å². The lowest BCUT2D eigenvalue weighted by molar-refractivity contribution is -0.132. The number of carboxylic acids is 1. The van der Waals surface area contributed by atoms with Gasteiger partial charge in [-0.2, -0.15) is 0 Å². The van der Waals surface area contributed by atoms with Gasteiger partial charge in [0.15, 0.2) is 0 Å². The lowest BCUT2D eigenvalue weighted by Crippen LogP contribution is -2.21. The fourth-order valence-electron chi connectivity index (χ4n) is 1.47. The molecular formula is C15H31NO2. The minimum absolute atomic E-state index is 0.459. The van der Waals surface area contributed by atoms with E-state index in [1.807, 2.05) is 0 Å². The normalized spacial score (nSPS) is 11.1. The Morgan fingerprint density at radius 2 is 1.56 bits per heavy atom. The van der Waals surface area contributed by atoms with Gasteiger partial charge in [-0.3, -0.25) is 0 Å². The molecule has 0 saturated heterocycles. The van der Waals surface area contributed by atoms with Crippen LogP contribution in [0.4, 0.5) is 0 Å². The summed E-state index contributed by atoms with van der Waals surface area (Å²) in [6.45, 7) is 13.9. The Labute approximate surface area is 113 Å². The summed E-state index contributed by atoms with van der Waals surface area (Å²) in [6.07, 6.45) is 6.15. The van der Waals surface area contributed by atoms with E-state index in [1.54, 1.807) is 13.0 Å². The SMILES string of the molecule is CCCCCC=C(C)C(=O)O.CCN(CC)CC. The van der Waals surface area contributed by atoms with Crippen molar-refractivity contribution in [2.45, 2.75) is 60.3 Å². The first-order chi connectivity index (χ1) is 8.53. The molecule has 0 aliphatic rings. The van der Waals surface area contributed by atoms with E-state index in [4.69, 9.17) is 5.11 Å². The van der Waals surface area contributed by atoms with Crippen LogP contribution in [0.2, 0.25) is 0 Å². The van der Waals surface area contributed by atoms with Gasteiger partial charge in [-0.15, -0.1) is 0 Å². The number of hydrogen-bond donors (Lipinski definition) is 1. The molecule has 18 heavy (non-hydrogen) atoms. The van der Waals surface area contributed by atoms with Gasteiger partial charge in [-0.25, -0.2) is 4.79 Å². The molecule has 0 atom stereocenters. The second kappa shape index (κ2) is 14.2. The Morgan fingerprint density at radius 1 is 1.06 bits per heavy atom. The van der Waals surface area contributed by atoms with Crippen molar-refractivity contribution in [3.8, 4) is 0 Å². The van der Waals surface area contributed by atoms with Crippen molar-refractivity contribution in [3.05, 3.63) is 11.6 Å². The van der Waals surface area contributed by atoms with Crippen molar-refractivity contribution in [1.82, 2.24) is 4.90 Å². The molecule has 0 amide bonds. The predicted octanol–water partition coefficient (Wildman–Crippen LogP) is 3.95. The van der Waals surface area contributed by atoms with Gasteiger partial charge in [-0.1, -0.05) is 46.6 Å². The average Bonchev–Trinajstić information content (AvgIpc) is 2.37. The molecule has 0 bridgehead atoms. The van der Waals surface area contributed by atoms with Crippen LogP contribution >= 0.6 is 0 Å². The third-order valence-corrected chi connectivity index (χ3v) is 2.94. The van der Waals surface area contributed by atoms with Gasteiger partial charge in [0.2, 0.25) is 0 Å². The van der Waals surface area contributed by atoms with Gasteiger partial charge in [0, 0.05) is 5.57 Å². The predicted molar refractivity (Wildman–Crippen MR) is 79.0 cm³/mol. The monoisotopic (exact) mass is 257 g/mol. The van der Waals surface area contributed by atoms with Gasteiger partial charge in [0.05, 0.1) is 0 Å². The van der Waals surface area contributed by atoms with Gasteiger partial charge in [0.1, 0.15) is 0 Å². The number of nitrogens with zero attached hydrogens (tertiary/aromatic N) is 1. The first-order valence-corrected chi connectivity index (χ1v) is 7.15. The lowest BCUT2D eigenvalue weighted by atomic mass is 10.1. The molecule has 0 heterocycles. The highest BCUT2D eigenvalue weighted by atomic mass is 16.4. The molecule has 0 fully saturated rings. The molecule has 0 spiro atoms. The Kier molecular flexibility index (Phi) is 15.4. The van der Waals surface area contributed by atoms with Crippen LogP contribution in [0.1, 0.15) is 60.3 Å². The van der Waals surface area contributed by atoms with Crippen molar-refractivity contribution in [2.24, 2.45) is 0 Å². The summed E-state index contributed by atoms with van der Waals surface area (Å²) in [5.41, 5.74) is 0.459. The molecule has 0 aromatic heterocycles. The summed E-state index contributed by atoms with van der Waals surface area (Å²) in [6, 6.07) is 0. The topological polar surface area (TPSA) is 40.5 Å². The third-order valence-electron chi connectivity index (χ3n) is 2.94. The van der Waals surface area contributed by atoms with Gasteiger partial charge >= 0.3 is 5.97 Å². The van der Waals surface area contributed by atoms with Crippen LogP contribution in [0.5, 0.6) is 0 Å². The summed E-state index contributed by atoms with van der Waals surface area (Å²) in [4.78, 5) is 12.7. The molecule has 0 aliphatic heterocycles. The van der Waals surface area contributed by atoms with Crippen LogP contribution in [-0.2, 0) is 4.79 Å². The van der Waals surface area contributed by atoms with Gasteiger partial charge in [-0.05, 0) is 39.4 Å². The minimum Gasteiger partial charge on any atom is -0.478 e. The number of carbonyl (C=O) groups is 1. The van der Waals surface area contributed by atoms with E-state index in [0.717, 1.165) is 12.8 Å². The number of carboxylic acid groups (broad SMARTS) is 1. The fraction of sp³-hybridized carbons (Fsp3) is 0.800. The maximum absolute atomic E-state index is 10.3. The van der Waals surface area contributed by atoms with Crippen molar-refractivity contribution >= 4 is 5.97 Å². The standard InChI is InChI=1S/C9H16O2.C6H15N/c1-3-4-5-6-7-8(2)9(10)11;1-4-7(5-2)6-3/h7H,3-6H2,1-2H3,(H,10,11);4-6H2,1-3H3. The number of aliphatic carboxylic acids is 1. The molecule has 0 unspecified atom stereocenters. The minimum atomic E-state index is -0.804. The molecule has 108 valence electrons. The molecule has 0 aromatic rings. The van der Waals surface area contributed by atoms with Crippen molar-refractivity contribution in [2.75, 3.05) is 19.6 Å². The summed E-state index contributed by atoms with van der Waals surface area (Å²) in [5, 5.41) is 8.47. The van der Waals surface area contributed by atoms with E-state index >= 15 is 0 Å². The summed E-state index contributed by atoms with van der Waals surface area (Å²) in [7, 11) is 0. The van der Waals surface area contributed by atoms with Crippen molar-refractivity contribution in [3.63, 3.8) is 0 Å². The van der Waals surface area contributed by atoms with Crippen molar-refractivity contribution in [1.29, 1.82) is 0 Å². The van der Waals surface area contributed by atoms with Crippen LogP contribution in [0, 0.1) is 0 Å². The van der Waals surface area contributed by atoms with Crippen LogP contribution < -0.4 is 0 Å². The van der Waals surface area contributed by atoms with E-state index < -0.39 is 5.97 Å². The number of allylic oxidation sites excluding steroid dienone is 1. The molecule has 1 N–H and O–H groups in total. The van der Waals surface area contributed by atoms with Crippen LogP contribution in [0.25, 0.3) is 0 Å². The first-order valence-electron chi connectivity index (χ1n) is 7.15. The van der Waals surface area contributed by atoms with Crippen LogP contribution in [0.3, 0.4) is 0 Å². The maximum Gasteiger partial charge on any atom is 0.330 e. The molecule has 0 aromatic carbocycles. The van der Waals surface area contributed by atoms with E-state index in [1.165, 1.54) is 32.5 Å². The highest BCUT2D eigenvalue weighted by Gasteiger charge is 1.96. The zero-order valence-corrected chi connectivity index (χ0v) is 12.8. The molecule has 0 saturated carbocycles. The summed E-state index contributed by atoms with van der Waals surface area (Å²) >= 11 is 0. The highest BCUT2D eigenvalue weighted by Crippen LogP contribution is 2.02. The summed E-state index contributed by atoms with van der Waals surface area (Å²) < 4.78 is 0. The number of unbranched alkanes of at least 4 members (excludes halogenated alkanes) is 3. The molecule has 3 nitrogen and oxygen atoms in total. The third kappa shape index (κ3) is 13.2. The van der Waals surface area contributed by atoms with Gasteiger partial charge in [0.25, 0.3) is 0 Å². The fourth-order valence-corrected chi connectivity index (χ4v) is 1.47. The van der Waals surface area contributed by atoms with E-state index in [-0.39, 0.29) is 0 Å². The largest absolute Gasteiger partial charge is 0.478 e. The van der Waals surface area contributed by atoms with E-state index in [0.29, 0.717) is 5.57 Å². The maximum atomic E-state index is 10.3. The quantitative estimate of drug-likeness (QED) is 0.529. The Balaban J connectivity index is 0. The van der Waals surface area contributed by atoms with Gasteiger partial charge < -0.3 is 10.0 Å². The summed E-state index contributed by atoms with van der Waals surface area (Å²) in [5.74, 6) is -0.804. The lowest BCUT2D eigenvalue weighted by Gasteiger charge is -2.13.